The van der Waals surface area contributed by atoms with Crippen molar-refractivity contribution in [3.05, 3.63) is 52.4 Å². The first kappa shape index (κ1) is 24.5. The SMILES string of the molecule is CCOCCOC(=O)C1=C(C)NC2=C(C(=O)[C@H](C(=O)OC)[C@H](C)C2)[C@H]1c1ccc(OC)cc1. The zero-order chi connectivity index (χ0) is 24.1. The van der Waals surface area contributed by atoms with E-state index < -0.39 is 23.8 Å². The van der Waals surface area contributed by atoms with Crippen molar-refractivity contribution in [1.82, 2.24) is 5.32 Å². The van der Waals surface area contributed by atoms with Crippen molar-refractivity contribution in [3.63, 3.8) is 0 Å². The number of carbonyl (C=O) groups is 3. The second kappa shape index (κ2) is 10.7. The van der Waals surface area contributed by atoms with Gasteiger partial charge in [0.25, 0.3) is 0 Å². The van der Waals surface area contributed by atoms with Crippen LogP contribution in [0.15, 0.2) is 46.8 Å². The maximum atomic E-state index is 13.6. The van der Waals surface area contributed by atoms with Crippen LogP contribution in [-0.2, 0) is 28.6 Å². The van der Waals surface area contributed by atoms with Crippen molar-refractivity contribution in [2.45, 2.75) is 33.1 Å². The summed E-state index contributed by atoms with van der Waals surface area (Å²) >= 11 is 0. The molecule has 3 rings (SSSR count). The number of methoxy groups -OCH3 is 2. The number of benzene rings is 1. The van der Waals surface area contributed by atoms with Gasteiger partial charge >= 0.3 is 11.9 Å². The first-order chi connectivity index (χ1) is 15.8. The molecular formula is C25H31NO7. The van der Waals surface area contributed by atoms with Gasteiger partial charge in [-0.05, 0) is 43.9 Å². The Morgan fingerprint density at radius 1 is 1.12 bits per heavy atom. The molecule has 0 amide bonds. The van der Waals surface area contributed by atoms with Crippen molar-refractivity contribution < 1.29 is 33.3 Å². The molecule has 0 unspecified atom stereocenters. The van der Waals surface area contributed by atoms with Crippen LogP contribution in [0, 0.1) is 11.8 Å². The highest BCUT2D eigenvalue weighted by molar-refractivity contribution is 6.12. The van der Waals surface area contributed by atoms with Gasteiger partial charge in [0.05, 0.1) is 26.4 Å². The van der Waals surface area contributed by atoms with Gasteiger partial charge in [0, 0.05) is 29.5 Å². The molecule has 33 heavy (non-hydrogen) atoms. The number of allylic oxidation sites excluding steroid dienone is 3. The lowest BCUT2D eigenvalue weighted by atomic mass is 9.69. The van der Waals surface area contributed by atoms with Gasteiger partial charge in [-0.2, -0.15) is 0 Å². The molecule has 0 aromatic heterocycles. The number of hydrogen-bond acceptors (Lipinski definition) is 8. The third kappa shape index (κ3) is 4.95. The Labute approximate surface area is 193 Å². The summed E-state index contributed by atoms with van der Waals surface area (Å²) < 4.78 is 20.9. The van der Waals surface area contributed by atoms with E-state index in [1.54, 1.807) is 26.2 Å². The molecule has 3 atom stereocenters. The number of ketones is 1. The lowest BCUT2D eigenvalue weighted by Gasteiger charge is -2.38. The van der Waals surface area contributed by atoms with Crippen molar-refractivity contribution >= 4 is 17.7 Å². The zero-order valence-corrected chi connectivity index (χ0v) is 19.7. The standard InChI is InChI=1S/C25H31NO7/c1-6-32-11-12-33-25(29)20-15(3)26-18-13-14(2)19(24(28)31-5)23(27)22(18)21(20)16-7-9-17(30-4)10-8-16/h7-10,14,19,21,26H,6,11-13H2,1-5H3/t14-,19-,21+/m1/s1. The number of rotatable bonds is 8. The van der Waals surface area contributed by atoms with Gasteiger partial charge in [-0.25, -0.2) is 4.79 Å². The third-order valence-corrected chi connectivity index (χ3v) is 6.08. The van der Waals surface area contributed by atoms with Crippen LogP contribution >= 0.6 is 0 Å². The van der Waals surface area contributed by atoms with E-state index in [2.05, 4.69) is 5.32 Å². The third-order valence-electron chi connectivity index (χ3n) is 6.08. The van der Waals surface area contributed by atoms with E-state index in [-0.39, 0.29) is 24.9 Å². The minimum Gasteiger partial charge on any atom is -0.497 e. The highest BCUT2D eigenvalue weighted by atomic mass is 16.6. The molecule has 8 nitrogen and oxygen atoms in total. The van der Waals surface area contributed by atoms with Gasteiger partial charge in [-0.1, -0.05) is 19.1 Å². The number of nitrogens with one attached hydrogen (secondary N) is 1. The van der Waals surface area contributed by atoms with E-state index in [1.165, 1.54) is 7.11 Å². The van der Waals surface area contributed by atoms with E-state index in [4.69, 9.17) is 18.9 Å². The first-order valence-electron chi connectivity index (χ1n) is 11.1. The van der Waals surface area contributed by atoms with Crippen LogP contribution in [0.3, 0.4) is 0 Å². The molecule has 2 aliphatic rings. The molecule has 0 saturated carbocycles. The predicted octanol–water partition coefficient (Wildman–Crippen LogP) is 2.89. The number of dihydropyridines is 1. The van der Waals surface area contributed by atoms with Crippen molar-refractivity contribution in [2.75, 3.05) is 34.0 Å². The Bertz CT molecular complexity index is 977. The molecule has 1 heterocycles. The van der Waals surface area contributed by atoms with Gasteiger partial charge in [0.15, 0.2) is 5.78 Å². The Hall–Kier alpha value is -3.13. The summed E-state index contributed by atoms with van der Waals surface area (Å²) in [7, 11) is 2.84. The summed E-state index contributed by atoms with van der Waals surface area (Å²) in [6.45, 7) is 6.41. The average molecular weight is 458 g/mol. The second-order valence-electron chi connectivity index (χ2n) is 8.14. The smallest absolute Gasteiger partial charge is 0.336 e. The van der Waals surface area contributed by atoms with Crippen LogP contribution in [0.25, 0.3) is 0 Å². The van der Waals surface area contributed by atoms with E-state index in [9.17, 15) is 14.4 Å². The van der Waals surface area contributed by atoms with Crippen LogP contribution in [-0.4, -0.2) is 51.8 Å². The van der Waals surface area contributed by atoms with Gasteiger partial charge in [-0.3, -0.25) is 9.59 Å². The zero-order valence-electron chi connectivity index (χ0n) is 19.7. The minimum atomic E-state index is -0.926. The number of Topliss-reactive ketones (excluding diaryl/α,β-unsaturated/α-hetero) is 1. The number of esters is 2. The molecule has 1 aromatic rings. The lowest BCUT2D eigenvalue weighted by molar-refractivity contribution is -0.151. The molecular weight excluding hydrogens is 426 g/mol. The lowest BCUT2D eigenvalue weighted by Crippen LogP contribution is -2.43. The average Bonchev–Trinajstić information content (AvgIpc) is 2.80. The number of carbonyl (C=O) groups excluding carboxylic acids is 3. The van der Waals surface area contributed by atoms with Gasteiger partial charge < -0.3 is 24.3 Å². The maximum absolute atomic E-state index is 13.6. The molecule has 178 valence electrons. The second-order valence-corrected chi connectivity index (χ2v) is 8.14. The monoisotopic (exact) mass is 457 g/mol. The van der Waals surface area contributed by atoms with E-state index in [0.717, 1.165) is 11.3 Å². The highest BCUT2D eigenvalue weighted by Crippen LogP contribution is 2.45. The summed E-state index contributed by atoms with van der Waals surface area (Å²) in [4.78, 5) is 39.3. The number of ether oxygens (including phenoxy) is 4. The molecule has 1 aliphatic heterocycles. The van der Waals surface area contributed by atoms with E-state index in [0.29, 0.717) is 35.6 Å². The van der Waals surface area contributed by atoms with Crippen molar-refractivity contribution in [2.24, 2.45) is 11.8 Å². The quantitative estimate of drug-likeness (QED) is 0.361. The van der Waals surface area contributed by atoms with Gasteiger partial charge in [0.2, 0.25) is 0 Å². The van der Waals surface area contributed by atoms with Crippen LogP contribution in [0.1, 0.15) is 38.7 Å². The molecule has 0 spiro atoms. The fourth-order valence-corrected chi connectivity index (χ4v) is 4.50. The fraction of sp³-hybridized carbons (Fsp3) is 0.480. The Morgan fingerprint density at radius 2 is 1.82 bits per heavy atom. The molecule has 0 bridgehead atoms. The molecule has 1 aromatic carbocycles. The van der Waals surface area contributed by atoms with Gasteiger partial charge in [0.1, 0.15) is 18.3 Å². The largest absolute Gasteiger partial charge is 0.497 e. The summed E-state index contributed by atoms with van der Waals surface area (Å²) in [5.41, 5.74) is 2.80. The van der Waals surface area contributed by atoms with Crippen LogP contribution < -0.4 is 10.1 Å². The fourth-order valence-electron chi connectivity index (χ4n) is 4.50. The molecule has 0 radical (unpaired) electrons. The molecule has 1 aliphatic carbocycles. The topological polar surface area (TPSA) is 100 Å². The predicted molar refractivity (Wildman–Crippen MR) is 120 cm³/mol. The summed E-state index contributed by atoms with van der Waals surface area (Å²) in [5, 5.41) is 3.24. The van der Waals surface area contributed by atoms with Crippen molar-refractivity contribution in [1.29, 1.82) is 0 Å². The van der Waals surface area contributed by atoms with Crippen LogP contribution in [0.2, 0.25) is 0 Å². The Morgan fingerprint density at radius 3 is 2.42 bits per heavy atom. The normalized spacial score (nSPS) is 22.5. The molecule has 1 N–H and O–H groups in total. The van der Waals surface area contributed by atoms with Crippen LogP contribution in [0.4, 0.5) is 0 Å². The molecule has 0 fully saturated rings. The van der Waals surface area contributed by atoms with Crippen LogP contribution in [0.5, 0.6) is 5.75 Å². The Balaban J connectivity index is 2.06. The number of hydrogen-bond donors (Lipinski definition) is 1. The molecule has 0 saturated heterocycles. The summed E-state index contributed by atoms with van der Waals surface area (Å²) in [5.74, 6) is -2.63. The van der Waals surface area contributed by atoms with E-state index >= 15 is 0 Å². The van der Waals surface area contributed by atoms with Gasteiger partial charge in [-0.15, -0.1) is 0 Å². The minimum absolute atomic E-state index is 0.0977. The summed E-state index contributed by atoms with van der Waals surface area (Å²) in [6.07, 6.45) is 0.484. The maximum Gasteiger partial charge on any atom is 0.336 e. The highest BCUT2D eigenvalue weighted by Gasteiger charge is 2.47. The Kier molecular flexibility index (Phi) is 7.92. The summed E-state index contributed by atoms with van der Waals surface area (Å²) in [6, 6.07) is 7.19. The van der Waals surface area contributed by atoms with E-state index in [1.807, 2.05) is 26.0 Å². The molecule has 8 heteroatoms. The first-order valence-corrected chi connectivity index (χ1v) is 11.1. The van der Waals surface area contributed by atoms with Crippen molar-refractivity contribution in [3.8, 4) is 5.75 Å².